The Morgan fingerprint density at radius 3 is 2.33 bits per heavy atom. The van der Waals surface area contributed by atoms with Gasteiger partial charge in [-0.15, -0.1) is 0 Å². The van der Waals surface area contributed by atoms with E-state index in [0.717, 1.165) is 12.0 Å². The Kier molecular flexibility index (Phi) is 4.53. The third-order valence-electron chi connectivity index (χ3n) is 2.37. The van der Waals surface area contributed by atoms with Gasteiger partial charge in [0.1, 0.15) is 0 Å². The standard InChI is InChI=1S/C10H19O4P/c1-4-13-15(12,14-5-2)7-10(11)9-6-8(9)3/h9-11H,3-7H2,1-2H3. The Morgan fingerprint density at radius 1 is 1.53 bits per heavy atom. The van der Waals surface area contributed by atoms with Gasteiger partial charge in [-0.2, -0.15) is 0 Å². The lowest BCUT2D eigenvalue weighted by atomic mass is 10.2. The van der Waals surface area contributed by atoms with E-state index < -0.39 is 13.7 Å². The summed E-state index contributed by atoms with van der Waals surface area (Å²) < 4.78 is 22.2. The molecule has 1 fully saturated rings. The quantitative estimate of drug-likeness (QED) is 0.542. The molecular formula is C10H19O4P. The summed E-state index contributed by atoms with van der Waals surface area (Å²) >= 11 is 0. The van der Waals surface area contributed by atoms with Crippen LogP contribution in [0.15, 0.2) is 12.2 Å². The molecule has 0 spiro atoms. The predicted molar refractivity (Wildman–Crippen MR) is 59.0 cm³/mol. The number of hydrogen-bond donors (Lipinski definition) is 1. The van der Waals surface area contributed by atoms with Crippen molar-refractivity contribution >= 4 is 7.60 Å². The molecule has 0 aliphatic heterocycles. The van der Waals surface area contributed by atoms with Gasteiger partial charge in [0.05, 0.1) is 25.5 Å². The van der Waals surface area contributed by atoms with Crippen LogP contribution in [0, 0.1) is 5.92 Å². The fraction of sp³-hybridized carbons (Fsp3) is 0.800. The number of rotatable bonds is 7. The summed E-state index contributed by atoms with van der Waals surface area (Å²) in [5, 5.41) is 9.76. The van der Waals surface area contributed by atoms with Gasteiger partial charge in [-0.25, -0.2) is 0 Å². The molecule has 0 aromatic carbocycles. The first-order valence-electron chi connectivity index (χ1n) is 5.26. The number of aliphatic hydroxyl groups is 1. The van der Waals surface area contributed by atoms with Crippen molar-refractivity contribution in [3.8, 4) is 0 Å². The van der Waals surface area contributed by atoms with E-state index in [2.05, 4.69) is 6.58 Å². The largest absolute Gasteiger partial charge is 0.392 e. The highest BCUT2D eigenvalue weighted by atomic mass is 31.2. The minimum atomic E-state index is -3.11. The Balaban J connectivity index is 2.49. The number of aliphatic hydroxyl groups excluding tert-OH is 1. The van der Waals surface area contributed by atoms with Gasteiger partial charge >= 0.3 is 7.60 Å². The molecule has 88 valence electrons. The Labute approximate surface area is 90.8 Å². The van der Waals surface area contributed by atoms with Crippen LogP contribution in [0.1, 0.15) is 20.3 Å². The smallest absolute Gasteiger partial charge is 0.333 e. The van der Waals surface area contributed by atoms with Crippen molar-refractivity contribution in [1.29, 1.82) is 0 Å². The van der Waals surface area contributed by atoms with Crippen molar-refractivity contribution in [2.45, 2.75) is 26.4 Å². The molecule has 0 saturated heterocycles. The maximum absolute atomic E-state index is 12.0. The summed E-state index contributed by atoms with van der Waals surface area (Å²) in [4.78, 5) is 0. The van der Waals surface area contributed by atoms with Crippen molar-refractivity contribution < 1.29 is 18.7 Å². The molecular weight excluding hydrogens is 215 g/mol. The maximum atomic E-state index is 12.0. The van der Waals surface area contributed by atoms with Crippen molar-refractivity contribution in [1.82, 2.24) is 0 Å². The van der Waals surface area contributed by atoms with Gasteiger partial charge in [0.15, 0.2) is 0 Å². The van der Waals surface area contributed by atoms with Gasteiger partial charge in [-0.3, -0.25) is 4.57 Å². The highest BCUT2D eigenvalue weighted by Crippen LogP contribution is 2.52. The zero-order valence-corrected chi connectivity index (χ0v) is 10.2. The van der Waals surface area contributed by atoms with Gasteiger partial charge in [0.2, 0.25) is 0 Å². The fourth-order valence-electron chi connectivity index (χ4n) is 1.52. The summed E-state index contributed by atoms with van der Waals surface area (Å²) in [6, 6.07) is 0. The molecule has 1 saturated carbocycles. The van der Waals surface area contributed by atoms with E-state index in [-0.39, 0.29) is 12.1 Å². The van der Waals surface area contributed by atoms with Gasteiger partial charge in [-0.1, -0.05) is 12.2 Å². The third kappa shape index (κ3) is 3.72. The molecule has 2 atom stereocenters. The lowest BCUT2D eigenvalue weighted by Gasteiger charge is -2.19. The zero-order valence-electron chi connectivity index (χ0n) is 9.31. The van der Waals surface area contributed by atoms with Gasteiger partial charge in [-0.05, 0) is 20.3 Å². The van der Waals surface area contributed by atoms with Crippen molar-refractivity contribution in [2.24, 2.45) is 5.92 Å². The van der Waals surface area contributed by atoms with Crippen LogP contribution in [-0.4, -0.2) is 30.6 Å². The molecule has 0 aromatic heterocycles. The Morgan fingerprint density at radius 2 is 2.00 bits per heavy atom. The van der Waals surface area contributed by atoms with E-state index in [1.54, 1.807) is 13.8 Å². The zero-order chi connectivity index (χ0) is 11.5. The summed E-state index contributed by atoms with van der Waals surface area (Å²) in [5.74, 6) is 0.0826. The highest BCUT2D eigenvalue weighted by Gasteiger charge is 2.39. The van der Waals surface area contributed by atoms with Gasteiger partial charge < -0.3 is 14.2 Å². The van der Waals surface area contributed by atoms with Crippen LogP contribution in [0.4, 0.5) is 0 Å². The Bertz CT molecular complexity index is 267. The lowest BCUT2D eigenvalue weighted by molar-refractivity contribution is 0.155. The first kappa shape index (κ1) is 12.9. The minimum Gasteiger partial charge on any atom is -0.392 e. The van der Waals surface area contributed by atoms with Crippen LogP contribution in [0.3, 0.4) is 0 Å². The molecule has 0 aromatic rings. The molecule has 0 bridgehead atoms. The van der Waals surface area contributed by atoms with E-state index >= 15 is 0 Å². The summed E-state index contributed by atoms with van der Waals surface area (Å²) in [6.45, 7) is 7.93. The van der Waals surface area contributed by atoms with Crippen LogP contribution in [0.5, 0.6) is 0 Å². The lowest BCUT2D eigenvalue weighted by Crippen LogP contribution is -2.17. The summed E-state index contributed by atoms with van der Waals surface area (Å²) in [5.41, 5.74) is 1.02. The maximum Gasteiger partial charge on any atom is 0.333 e. The first-order chi connectivity index (χ1) is 7.02. The average Bonchev–Trinajstić information content (AvgIpc) is 2.83. The molecule has 0 heterocycles. The summed E-state index contributed by atoms with van der Waals surface area (Å²) in [7, 11) is -3.11. The highest BCUT2D eigenvalue weighted by molar-refractivity contribution is 7.53. The molecule has 4 nitrogen and oxygen atoms in total. The molecule has 5 heteroatoms. The normalized spacial score (nSPS) is 22.9. The molecule has 1 aliphatic carbocycles. The van der Waals surface area contributed by atoms with Crippen molar-refractivity contribution in [2.75, 3.05) is 19.4 Å². The van der Waals surface area contributed by atoms with Crippen molar-refractivity contribution in [3.63, 3.8) is 0 Å². The second-order valence-electron chi connectivity index (χ2n) is 3.67. The second kappa shape index (κ2) is 5.26. The second-order valence-corrected chi connectivity index (χ2v) is 5.77. The molecule has 1 N–H and O–H groups in total. The van der Waals surface area contributed by atoms with E-state index in [9.17, 15) is 9.67 Å². The van der Waals surface area contributed by atoms with Gasteiger partial charge in [0, 0.05) is 5.92 Å². The Hall–Kier alpha value is -0.150. The van der Waals surface area contributed by atoms with Gasteiger partial charge in [0.25, 0.3) is 0 Å². The van der Waals surface area contributed by atoms with Crippen LogP contribution >= 0.6 is 7.60 Å². The van der Waals surface area contributed by atoms with Crippen LogP contribution in [0.25, 0.3) is 0 Å². The number of hydrogen-bond acceptors (Lipinski definition) is 4. The van der Waals surface area contributed by atoms with E-state index in [1.807, 2.05) is 0 Å². The first-order valence-corrected chi connectivity index (χ1v) is 6.99. The van der Waals surface area contributed by atoms with E-state index in [0.29, 0.717) is 13.2 Å². The molecule has 0 amide bonds. The fourth-order valence-corrected chi connectivity index (χ4v) is 3.31. The van der Waals surface area contributed by atoms with E-state index in [1.165, 1.54) is 0 Å². The molecule has 1 aliphatic rings. The van der Waals surface area contributed by atoms with Crippen LogP contribution in [0.2, 0.25) is 0 Å². The summed E-state index contributed by atoms with van der Waals surface area (Å²) in [6.07, 6.45) is 0.235. The molecule has 0 radical (unpaired) electrons. The SMILES string of the molecule is C=C1CC1C(O)CP(=O)(OCC)OCC. The molecule has 1 rings (SSSR count). The predicted octanol–water partition coefficient (Wildman–Crippen LogP) is 2.19. The monoisotopic (exact) mass is 234 g/mol. The average molecular weight is 234 g/mol. The topological polar surface area (TPSA) is 55.8 Å². The minimum absolute atomic E-state index is 0.0678. The van der Waals surface area contributed by atoms with E-state index in [4.69, 9.17) is 9.05 Å². The molecule has 15 heavy (non-hydrogen) atoms. The van der Waals surface area contributed by atoms with Crippen molar-refractivity contribution in [3.05, 3.63) is 12.2 Å². The molecule has 2 unspecified atom stereocenters. The van der Waals surface area contributed by atoms with Crippen LogP contribution in [-0.2, 0) is 13.6 Å². The third-order valence-corrected chi connectivity index (χ3v) is 4.50. The van der Waals surface area contributed by atoms with Crippen LogP contribution < -0.4 is 0 Å².